The van der Waals surface area contributed by atoms with Gasteiger partial charge in [-0.15, -0.1) is 0 Å². The van der Waals surface area contributed by atoms with E-state index in [2.05, 4.69) is 37.5 Å². The summed E-state index contributed by atoms with van der Waals surface area (Å²) in [4.78, 5) is 12.0. The van der Waals surface area contributed by atoms with E-state index in [4.69, 9.17) is 4.74 Å². The summed E-state index contributed by atoms with van der Waals surface area (Å²) in [5.41, 5.74) is 2.92. The van der Waals surface area contributed by atoms with Crippen molar-refractivity contribution in [1.82, 2.24) is 19.6 Å². The van der Waals surface area contributed by atoms with Gasteiger partial charge in [0, 0.05) is 19.2 Å². The summed E-state index contributed by atoms with van der Waals surface area (Å²) in [6.45, 7) is 4.85. The minimum Gasteiger partial charge on any atom is -0.471 e. The Kier molecular flexibility index (Phi) is 5.72. The first-order valence-electron chi connectivity index (χ1n) is 8.20. The van der Waals surface area contributed by atoms with Crippen molar-refractivity contribution in [2.75, 3.05) is 5.32 Å². The van der Waals surface area contributed by atoms with Gasteiger partial charge in [0.1, 0.15) is 5.75 Å². The smallest absolute Gasteiger partial charge is 0.226 e. The fourth-order valence-electron chi connectivity index (χ4n) is 2.50. The van der Waals surface area contributed by atoms with Gasteiger partial charge in [-0.1, -0.05) is 17.7 Å². The zero-order valence-electron chi connectivity index (χ0n) is 14.6. The van der Waals surface area contributed by atoms with Crippen LogP contribution < -0.4 is 10.1 Å². The standard InChI is InChI=1S/C18H20BrN5O2/c1-13-3-4-17(14(2)7-13)26-12-24-11-16(9-21-24)22-18(25)5-6-23-10-15(19)8-20-23/h3-4,7-11H,5-6,12H2,1-2H3,(H,22,25). The highest BCUT2D eigenvalue weighted by Gasteiger charge is 2.07. The van der Waals surface area contributed by atoms with Gasteiger partial charge in [-0.2, -0.15) is 10.2 Å². The van der Waals surface area contributed by atoms with Crippen LogP contribution in [0.2, 0.25) is 0 Å². The molecular weight excluding hydrogens is 398 g/mol. The number of carbonyl (C=O) groups is 1. The van der Waals surface area contributed by atoms with Gasteiger partial charge >= 0.3 is 0 Å². The summed E-state index contributed by atoms with van der Waals surface area (Å²) in [5.74, 6) is 0.730. The number of hydrogen-bond donors (Lipinski definition) is 1. The van der Waals surface area contributed by atoms with Crippen LogP contribution in [0.1, 0.15) is 17.5 Å². The molecule has 0 aliphatic heterocycles. The van der Waals surface area contributed by atoms with E-state index in [0.717, 1.165) is 15.8 Å². The largest absolute Gasteiger partial charge is 0.471 e. The average Bonchev–Trinajstić information content (AvgIpc) is 3.21. The van der Waals surface area contributed by atoms with Gasteiger partial charge in [0.2, 0.25) is 5.91 Å². The molecule has 0 unspecified atom stereocenters. The lowest BCUT2D eigenvalue weighted by molar-refractivity contribution is -0.116. The van der Waals surface area contributed by atoms with Gasteiger partial charge in [0.15, 0.2) is 6.73 Å². The summed E-state index contributed by atoms with van der Waals surface area (Å²) >= 11 is 3.33. The Balaban J connectivity index is 1.48. The second-order valence-electron chi connectivity index (χ2n) is 6.03. The van der Waals surface area contributed by atoms with Crippen LogP contribution in [0.25, 0.3) is 0 Å². The normalized spacial score (nSPS) is 10.7. The number of carbonyl (C=O) groups excluding carboxylic acids is 1. The number of halogens is 1. The monoisotopic (exact) mass is 417 g/mol. The predicted molar refractivity (Wildman–Crippen MR) is 102 cm³/mol. The summed E-state index contributed by atoms with van der Waals surface area (Å²) in [5, 5.41) is 11.2. The fraction of sp³-hybridized carbons (Fsp3) is 0.278. The molecule has 2 aromatic heterocycles. The number of benzene rings is 1. The predicted octanol–water partition coefficient (Wildman–Crippen LogP) is 3.52. The number of anilines is 1. The molecule has 7 nitrogen and oxygen atoms in total. The van der Waals surface area contributed by atoms with E-state index in [1.54, 1.807) is 28.0 Å². The number of rotatable bonds is 7. The molecule has 26 heavy (non-hydrogen) atoms. The third kappa shape index (κ3) is 4.95. The lowest BCUT2D eigenvalue weighted by atomic mass is 10.1. The van der Waals surface area contributed by atoms with Gasteiger partial charge in [-0.05, 0) is 41.4 Å². The van der Waals surface area contributed by atoms with Crippen molar-refractivity contribution in [3.05, 3.63) is 58.6 Å². The first kappa shape index (κ1) is 18.2. The van der Waals surface area contributed by atoms with Crippen molar-refractivity contribution < 1.29 is 9.53 Å². The number of amides is 1. The van der Waals surface area contributed by atoms with Crippen molar-refractivity contribution in [2.45, 2.75) is 33.5 Å². The molecule has 136 valence electrons. The van der Waals surface area contributed by atoms with E-state index < -0.39 is 0 Å². The van der Waals surface area contributed by atoms with Crippen LogP contribution in [0.4, 0.5) is 5.69 Å². The Labute approximate surface area is 160 Å². The molecule has 0 fully saturated rings. The van der Waals surface area contributed by atoms with E-state index in [0.29, 0.717) is 18.7 Å². The van der Waals surface area contributed by atoms with Gasteiger partial charge in [-0.25, -0.2) is 4.68 Å². The lowest BCUT2D eigenvalue weighted by Crippen LogP contribution is -2.14. The van der Waals surface area contributed by atoms with Crippen LogP contribution in [0.3, 0.4) is 0 Å². The molecular formula is C18H20BrN5O2. The topological polar surface area (TPSA) is 74.0 Å². The molecule has 0 aliphatic rings. The fourth-order valence-corrected chi connectivity index (χ4v) is 2.82. The van der Waals surface area contributed by atoms with Crippen molar-refractivity contribution in [3.63, 3.8) is 0 Å². The molecule has 0 saturated carbocycles. The molecule has 0 aliphatic carbocycles. The van der Waals surface area contributed by atoms with Crippen molar-refractivity contribution >= 4 is 27.5 Å². The van der Waals surface area contributed by atoms with Gasteiger partial charge < -0.3 is 10.1 Å². The zero-order chi connectivity index (χ0) is 18.5. The number of hydrogen-bond acceptors (Lipinski definition) is 4. The Morgan fingerprint density at radius 2 is 2.00 bits per heavy atom. The summed E-state index contributed by atoms with van der Waals surface area (Å²) < 4.78 is 10.0. The molecule has 0 bridgehead atoms. The second kappa shape index (κ2) is 8.18. The van der Waals surface area contributed by atoms with Gasteiger partial charge in [-0.3, -0.25) is 9.48 Å². The second-order valence-corrected chi connectivity index (χ2v) is 6.95. The molecule has 1 amide bonds. The quantitative estimate of drug-likeness (QED) is 0.637. The van der Waals surface area contributed by atoms with E-state index in [-0.39, 0.29) is 12.6 Å². The number of ether oxygens (including phenoxy) is 1. The maximum Gasteiger partial charge on any atom is 0.226 e. The van der Waals surface area contributed by atoms with Gasteiger partial charge in [0.25, 0.3) is 0 Å². The lowest BCUT2D eigenvalue weighted by Gasteiger charge is -2.09. The van der Waals surface area contributed by atoms with Crippen molar-refractivity contribution in [2.24, 2.45) is 0 Å². The number of aromatic nitrogens is 4. The highest BCUT2D eigenvalue weighted by molar-refractivity contribution is 9.10. The molecule has 0 saturated heterocycles. The highest BCUT2D eigenvalue weighted by Crippen LogP contribution is 2.19. The maximum atomic E-state index is 12.0. The third-order valence-electron chi connectivity index (χ3n) is 3.77. The van der Waals surface area contributed by atoms with Crippen molar-refractivity contribution in [3.8, 4) is 5.75 Å². The molecule has 1 N–H and O–H groups in total. The molecule has 8 heteroatoms. The first-order chi connectivity index (χ1) is 12.5. The Morgan fingerprint density at radius 3 is 2.73 bits per heavy atom. The molecule has 3 rings (SSSR count). The van der Waals surface area contributed by atoms with Crippen LogP contribution in [0.15, 0.2) is 47.5 Å². The van der Waals surface area contributed by atoms with Crippen LogP contribution >= 0.6 is 15.9 Å². The Morgan fingerprint density at radius 1 is 1.19 bits per heavy atom. The molecule has 0 atom stereocenters. The number of aryl methyl sites for hydroxylation is 3. The van der Waals surface area contributed by atoms with Crippen LogP contribution in [-0.4, -0.2) is 25.5 Å². The number of nitrogens with zero attached hydrogens (tertiary/aromatic N) is 4. The van der Waals surface area contributed by atoms with Crippen LogP contribution in [0.5, 0.6) is 5.75 Å². The SMILES string of the molecule is Cc1ccc(OCn2cc(NC(=O)CCn3cc(Br)cn3)cn2)c(C)c1. The average molecular weight is 418 g/mol. The van der Waals surface area contributed by atoms with E-state index in [1.165, 1.54) is 5.56 Å². The molecule has 3 aromatic rings. The minimum atomic E-state index is -0.0912. The highest BCUT2D eigenvalue weighted by atomic mass is 79.9. The van der Waals surface area contributed by atoms with E-state index in [1.807, 2.05) is 32.2 Å². The Hall–Kier alpha value is -2.61. The van der Waals surface area contributed by atoms with E-state index in [9.17, 15) is 4.79 Å². The maximum absolute atomic E-state index is 12.0. The Bertz CT molecular complexity index is 903. The van der Waals surface area contributed by atoms with Crippen LogP contribution in [0, 0.1) is 13.8 Å². The molecule has 0 spiro atoms. The first-order valence-corrected chi connectivity index (χ1v) is 8.99. The minimum absolute atomic E-state index is 0.0912. The summed E-state index contributed by atoms with van der Waals surface area (Å²) in [6, 6.07) is 6.03. The molecule has 0 radical (unpaired) electrons. The van der Waals surface area contributed by atoms with Crippen molar-refractivity contribution in [1.29, 1.82) is 0 Å². The zero-order valence-corrected chi connectivity index (χ0v) is 16.2. The molecule has 2 heterocycles. The summed E-state index contributed by atoms with van der Waals surface area (Å²) in [6.07, 6.45) is 7.20. The van der Waals surface area contributed by atoms with Crippen LogP contribution in [-0.2, 0) is 18.1 Å². The van der Waals surface area contributed by atoms with E-state index >= 15 is 0 Å². The molecule has 1 aromatic carbocycles. The number of nitrogens with one attached hydrogen (secondary N) is 1. The van der Waals surface area contributed by atoms with Gasteiger partial charge in [0.05, 0.1) is 28.8 Å². The third-order valence-corrected chi connectivity index (χ3v) is 4.18. The summed E-state index contributed by atoms with van der Waals surface area (Å²) in [7, 11) is 0.